The van der Waals surface area contributed by atoms with Crippen LogP contribution in [0.25, 0.3) is 11.4 Å². The molecule has 1 atom stereocenters. The van der Waals surface area contributed by atoms with Crippen molar-refractivity contribution in [2.24, 2.45) is 5.92 Å². The smallest absolute Gasteiger partial charge is 0.230 e. The van der Waals surface area contributed by atoms with Gasteiger partial charge in [0.25, 0.3) is 0 Å². The Morgan fingerprint density at radius 1 is 1.07 bits per heavy atom. The van der Waals surface area contributed by atoms with Crippen molar-refractivity contribution in [1.82, 2.24) is 20.4 Å². The zero-order valence-corrected chi connectivity index (χ0v) is 15.8. The van der Waals surface area contributed by atoms with Crippen LogP contribution in [0.2, 0.25) is 0 Å². The molecule has 1 N–H and O–H groups in total. The number of rotatable bonds is 5. The zero-order valence-electron chi connectivity index (χ0n) is 15.0. The molecule has 0 bridgehead atoms. The molecule has 2 aromatic heterocycles. The van der Waals surface area contributed by atoms with Crippen molar-refractivity contribution in [1.29, 1.82) is 0 Å². The van der Waals surface area contributed by atoms with E-state index in [1.807, 2.05) is 42.5 Å². The number of nitrogens with zero attached hydrogens (tertiary/aromatic N) is 3. The minimum absolute atomic E-state index is 0. The summed E-state index contributed by atoms with van der Waals surface area (Å²) in [5.41, 5.74) is 0.730. The topological polar surface area (TPSA) is 73.1 Å². The van der Waals surface area contributed by atoms with Crippen molar-refractivity contribution >= 4 is 12.4 Å². The molecule has 27 heavy (non-hydrogen) atoms. The van der Waals surface area contributed by atoms with Gasteiger partial charge in [0.05, 0.1) is 5.56 Å². The van der Waals surface area contributed by atoms with E-state index >= 15 is 0 Å². The average molecular weight is 387 g/mol. The third kappa shape index (κ3) is 5.05. The molecule has 6 nitrogen and oxygen atoms in total. The van der Waals surface area contributed by atoms with Crippen molar-refractivity contribution in [3.8, 4) is 23.0 Å². The molecule has 1 fully saturated rings. The predicted molar refractivity (Wildman–Crippen MR) is 105 cm³/mol. The van der Waals surface area contributed by atoms with E-state index in [4.69, 9.17) is 9.26 Å². The molecule has 142 valence electrons. The van der Waals surface area contributed by atoms with E-state index < -0.39 is 0 Å². The highest BCUT2D eigenvalue weighted by Gasteiger charge is 2.19. The molecule has 0 radical (unpaired) electrons. The first-order valence-corrected chi connectivity index (χ1v) is 9.10. The third-order valence-corrected chi connectivity index (χ3v) is 4.60. The Morgan fingerprint density at radius 2 is 1.96 bits per heavy atom. The van der Waals surface area contributed by atoms with Crippen LogP contribution in [-0.2, 0) is 6.42 Å². The third-order valence-electron chi connectivity index (χ3n) is 4.60. The Bertz CT molecular complexity index is 833. The molecule has 0 aliphatic carbocycles. The molecule has 1 saturated heterocycles. The van der Waals surface area contributed by atoms with Gasteiger partial charge in [0, 0.05) is 12.6 Å². The summed E-state index contributed by atoms with van der Waals surface area (Å²) in [6, 6.07) is 13.3. The van der Waals surface area contributed by atoms with Crippen molar-refractivity contribution in [2.75, 3.05) is 13.1 Å². The second-order valence-electron chi connectivity index (χ2n) is 6.53. The molecule has 1 aliphatic rings. The van der Waals surface area contributed by atoms with Crippen LogP contribution < -0.4 is 10.1 Å². The van der Waals surface area contributed by atoms with E-state index in [-0.39, 0.29) is 12.4 Å². The van der Waals surface area contributed by atoms with Crippen molar-refractivity contribution < 1.29 is 9.26 Å². The Labute approximate surface area is 164 Å². The highest BCUT2D eigenvalue weighted by atomic mass is 35.5. The summed E-state index contributed by atoms with van der Waals surface area (Å²) in [6.07, 6.45) is 6.06. The van der Waals surface area contributed by atoms with Crippen LogP contribution in [0.4, 0.5) is 0 Å². The normalized spacial score (nSPS) is 17.0. The van der Waals surface area contributed by atoms with Gasteiger partial charge in [-0.25, -0.2) is 4.98 Å². The fourth-order valence-electron chi connectivity index (χ4n) is 3.23. The highest BCUT2D eigenvalue weighted by molar-refractivity contribution is 5.85. The van der Waals surface area contributed by atoms with E-state index in [1.54, 1.807) is 6.20 Å². The van der Waals surface area contributed by atoms with Crippen LogP contribution in [0, 0.1) is 5.92 Å². The number of para-hydroxylation sites is 1. The van der Waals surface area contributed by atoms with Gasteiger partial charge >= 0.3 is 0 Å². The van der Waals surface area contributed by atoms with Gasteiger partial charge in [0.2, 0.25) is 17.6 Å². The summed E-state index contributed by atoms with van der Waals surface area (Å²) in [5, 5.41) is 7.59. The Morgan fingerprint density at radius 3 is 2.85 bits per heavy atom. The van der Waals surface area contributed by atoms with E-state index in [0.29, 0.717) is 23.5 Å². The lowest BCUT2D eigenvalue weighted by Gasteiger charge is -2.09. The monoisotopic (exact) mass is 386 g/mol. The van der Waals surface area contributed by atoms with Gasteiger partial charge in [0.1, 0.15) is 5.75 Å². The van der Waals surface area contributed by atoms with Gasteiger partial charge in [-0.05, 0) is 62.5 Å². The SMILES string of the molecule is Cl.c1ccc(Oc2ncccc2-c2noc(CC3CCCNCC3)n2)cc1. The molecule has 7 heteroatoms. The lowest BCUT2D eigenvalue weighted by Crippen LogP contribution is -2.14. The van der Waals surface area contributed by atoms with Gasteiger partial charge in [0.15, 0.2) is 0 Å². The summed E-state index contributed by atoms with van der Waals surface area (Å²) in [7, 11) is 0. The predicted octanol–water partition coefficient (Wildman–Crippen LogP) is 4.28. The minimum atomic E-state index is 0. The van der Waals surface area contributed by atoms with Gasteiger partial charge in [-0.2, -0.15) is 4.98 Å². The fourth-order valence-corrected chi connectivity index (χ4v) is 3.23. The molecule has 3 heterocycles. The summed E-state index contributed by atoms with van der Waals surface area (Å²) in [4.78, 5) is 8.92. The quantitative estimate of drug-likeness (QED) is 0.705. The van der Waals surface area contributed by atoms with Crippen LogP contribution in [0.3, 0.4) is 0 Å². The lowest BCUT2D eigenvalue weighted by molar-refractivity contribution is 0.341. The van der Waals surface area contributed by atoms with Crippen LogP contribution >= 0.6 is 12.4 Å². The van der Waals surface area contributed by atoms with E-state index in [2.05, 4.69) is 20.4 Å². The molecule has 0 amide bonds. The molecule has 1 aliphatic heterocycles. The van der Waals surface area contributed by atoms with Gasteiger partial charge in [-0.1, -0.05) is 23.4 Å². The maximum atomic E-state index is 5.90. The van der Waals surface area contributed by atoms with E-state index in [1.165, 1.54) is 12.8 Å². The molecule has 1 unspecified atom stereocenters. The molecule has 3 aromatic rings. The zero-order chi connectivity index (χ0) is 17.6. The van der Waals surface area contributed by atoms with E-state index in [9.17, 15) is 0 Å². The number of hydrogen-bond donors (Lipinski definition) is 1. The van der Waals surface area contributed by atoms with Crippen molar-refractivity contribution in [3.63, 3.8) is 0 Å². The first-order valence-electron chi connectivity index (χ1n) is 9.10. The minimum Gasteiger partial charge on any atom is -0.438 e. The number of aromatic nitrogens is 3. The molecule has 1 aromatic carbocycles. The number of benzene rings is 1. The first-order chi connectivity index (χ1) is 12.9. The number of halogens is 1. The van der Waals surface area contributed by atoms with Gasteiger partial charge < -0.3 is 14.6 Å². The molecular formula is C20H23ClN4O2. The van der Waals surface area contributed by atoms with Crippen LogP contribution in [0.1, 0.15) is 25.2 Å². The second-order valence-corrected chi connectivity index (χ2v) is 6.53. The molecule has 4 rings (SSSR count). The molecule has 0 spiro atoms. The van der Waals surface area contributed by atoms with E-state index in [0.717, 1.165) is 37.2 Å². The largest absolute Gasteiger partial charge is 0.438 e. The maximum Gasteiger partial charge on any atom is 0.230 e. The maximum absolute atomic E-state index is 5.90. The highest BCUT2D eigenvalue weighted by Crippen LogP contribution is 2.30. The first kappa shape index (κ1) is 19.3. The summed E-state index contributed by atoms with van der Waals surface area (Å²) < 4.78 is 11.4. The number of ether oxygens (including phenoxy) is 1. The second kappa shape index (κ2) is 9.48. The van der Waals surface area contributed by atoms with Gasteiger partial charge in [-0.15, -0.1) is 12.4 Å². The Hall–Kier alpha value is -2.44. The number of hydrogen-bond acceptors (Lipinski definition) is 6. The summed E-state index contributed by atoms with van der Waals surface area (Å²) >= 11 is 0. The van der Waals surface area contributed by atoms with Gasteiger partial charge in [-0.3, -0.25) is 0 Å². The number of nitrogens with one attached hydrogen (secondary N) is 1. The molecule has 0 saturated carbocycles. The standard InChI is InChI=1S/C20H22N4O2.ClH/c1-2-7-16(8-3-1)25-20-17(9-5-12-22-20)19-23-18(26-24-19)14-15-6-4-11-21-13-10-15;/h1-3,5,7-9,12,15,21H,4,6,10-11,13-14H2;1H. The summed E-state index contributed by atoms with van der Waals surface area (Å²) in [5.74, 6) is 2.99. The summed E-state index contributed by atoms with van der Waals surface area (Å²) in [6.45, 7) is 2.16. The Kier molecular flexibility index (Phi) is 6.79. The number of pyridine rings is 1. The van der Waals surface area contributed by atoms with Crippen molar-refractivity contribution in [3.05, 3.63) is 54.6 Å². The Balaban J connectivity index is 0.00000210. The van der Waals surface area contributed by atoms with Crippen molar-refractivity contribution in [2.45, 2.75) is 25.7 Å². The van der Waals surface area contributed by atoms with Crippen LogP contribution in [-0.4, -0.2) is 28.2 Å². The molecular weight excluding hydrogens is 364 g/mol. The lowest BCUT2D eigenvalue weighted by atomic mass is 9.97. The van der Waals surface area contributed by atoms with Crippen LogP contribution in [0.5, 0.6) is 11.6 Å². The average Bonchev–Trinajstić information content (AvgIpc) is 2.98. The van der Waals surface area contributed by atoms with Crippen LogP contribution in [0.15, 0.2) is 53.2 Å². The fraction of sp³-hybridized carbons (Fsp3) is 0.350.